The van der Waals surface area contributed by atoms with Crippen molar-refractivity contribution in [1.29, 1.82) is 0 Å². The Morgan fingerprint density at radius 1 is 1.35 bits per heavy atom. The molecule has 0 radical (unpaired) electrons. The van der Waals surface area contributed by atoms with Crippen molar-refractivity contribution in [1.82, 2.24) is 15.1 Å². The molecule has 0 aromatic carbocycles. The third-order valence-electron chi connectivity index (χ3n) is 2.95. The van der Waals surface area contributed by atoms with E-state index >= 15 is 0 Å². The zero-order chi connectivity index (χ0) is 12.7. The van der Waals surface area contributed by atoms with E-state index in [0.717, 1.165) is 36.6 Å². The molecule has 0 aliphatic carbocycles. The highest BCUT2D eigenvalue weighted by molar-refractivity contribution is 6.31. The molecule has 98 valence electrons. The van der Waals surface area contributed by atoms with Crippen LogP contribution in [0.25, 0.3) is 0 Å². The van der Waals surface area contributed by atoms with Gasteiger partial charge < -0.3 is 5.32 Å². The van der Waals surface area contributed by atoms with Crippen molar-refractivity contribution in [2.75, 3.05) is 6.54 Å². The summed E-state index contributed by atoms with van der Waals surface area (Å²) in [7, 11) is 0. The van der Waals surface area contributed by atoms with Crippen molar-refractivity contribution in [3.05, 3.63) is 16.9 Å². The first-order valence-corrected chi connectivity index (χ1v) is 7.06. The van der Waals surface area contributed by atoms with Crippen LogP contribution in [0, 0.1) is 0 Å². The topological polar surface area (TPSA) is 29.9 Å². The quantitative estimate of drug-likeness (QED) is 0.768. The van der Waals surface area contributed by atoms with E-state index in [-0.39, 0.29) is 0 Å². The Bertz CT molecular complexity index is 314. The van der Waals surface area contributed by atoms with Crippen molar-refractivity contribution in [3.8, 4) is 0 Å². The van der Waals surface area contributed by atoms with Crippen LogP contribution in [0.2, 0.25) is 5.02 Å². The molecule has 0 spiro atoms. The van der Waals surface area contributed by atoms with E-state index in [4.69, 9.17) is 11.6 Å². The highest BCUT2D eigenvalue weighted by Crippen LogP contribution is 2.26. The molecular formula is C13H24ClN3. The summed E-state index contributed by atoms with van der Waals surface area (Å²) >= 11 is 6.25. The third kappa shape index (κ3) is 4.00. The number of hydrogen-bond donors (Lipinski definition) is 1. The van der Waals surface area contributed by atoms with Crippen LogP contribution >= 0.6 is 11.6 Å². The van der Waals surface area contributed by atoms with Crippen LogP contribution in [0.5, 0.6) is 0 Å². The van der Waals surface area contributed by atoms with Crippen molar-refractivity contribution >= 4 is 11.6 Å². The molecule has 1 unspecified atom stereocenters. The Balaban J connectivity index is 2.81. The van der Waals surface area contributed by atoms with Gasteiger partial charge in [0.25, 0.3) is 0 Å². The number of unbranched alkanes of at least 4 members (excludes halogenated alkanes) is 1. The van der Waals surface area contributed by atoms with Crippen LogP contribution in [0.1, 0.15) is 58.2 Å². The summed E-state index contributed by atoms with van der Waals surface area (Å²) in [4.78, 5) is 0. The number of rotatable bonds is 8. The number of aromatic nitrogens is 2. The van der Waals surface area contributed by atoms with Crippen LogP contribution < -0.4 is 5.32 Å². The van der Waals surface area contributed by atoms with Crippen LogP contribution in [-0.2, 0) is 6.54 Å². The van der Waals surface area contributed by atoms with Gasteiger partial charge >= 0.3 is 0 Å². The van der Waals surface area contributed by atoms with E-state index in [1.807, 2.05) is 4.68 Å². The van der Waals surface area contributed by atoms with Crippen LogP contribution in [-0.4, -0.2) is 16.3 Å². The minimum Gasteiger partial charge on any atom is -0.309 e. The highest BCUT2D eigenvalue weighted by Gasteiger charge is 2.18. The van der Waals surface area contributed by atoms with E-state index in [0.29, 0.717) is 6.04 Å². The Kier molecular flexibility index (Phi) is 6.60. The molecule has 0 fully saturated rings. The number of nitrogens with one attached hydrogen (secondary N) is 1. The summed E-state index contributed by atoms with van der Waals surface area (Å²) < 4.78 is 2.01. The maximum absolute atomic E-state index is 6.25. The Morgan fingerprint density at radius 2 is 2.12 bits per heavy atom. The second-order valence-corrected chi connectivity index (χ2v) is 4.75. The van der Waals surface area contributed by atoms with Crippen LogP contribution in [0.3, 0.4) is 0 Å². The van der Waals surface area contributed by atoms with Crippen LogP contribution in [0.15, 0.2) is 6.20 Å². The molecule has 1 N–H and O–H groups in total. The average Bonchev–Trinajstić information content (AvgIpc) is 2.71. The minimum absolute atomic E-state index is 0.338. The van der Waals surface area contributed by atoms with Gasteiger partial charge in [0, 0.05) is 6.54 Å². The zero-order valence-electron chi connectivity index (χ0n) is 11.2. The highest BCUT2D eigenvalue weighted by atomic mass is 35.5. The molecule has 1 rings (SSSR count). The number of nitrogens with zero attached hydrogens (tertiary/aromatic N) is 2. The molecule has 17 heavy (non-hydrogen) atoms. The summed E-state index contributed by atoms with van der Waals surface area (Å²) in [5, 5.41) is 8.68. The lowest BCUT2D eigenvalue weighted by atomic mass is 10.1. The van der Waals surface area contributed by atoms with E-state index in [9.17, 15) is 0 Å². The molecule has 0 amide bonds. The first-order chi connectivity index (χ1) is 8.24. The number of aryl methyl sites for hydroxylation is 1. The van der Waals surface area contributed by atoms with Gasteiger partial charge in [0.05, 0.1) is 23.0 Å². The summed E-state index contributed by atoms with van der Waals surface area (Å²) in [6.07, 6.45) is 6.45. The Morgan fingerprint density at radius 3 is 2.71 bits per heavy atom. The van der Waals surface area contributed by atoms with E-state index in [1.54, 1.807) is 6.20 Å². The lowest BCUT2D eigenvalue weighted by molar-refractivity contribution is 0.444. The zero-order valence-corrected chi connectivity index (χ0v) is 11.9. The van der Waals surface area contributed by atoms with Gasteiger partial charge in [-0.25, -0.2) is 0 Å². The SMILES string of the molecule is CCCCC(NCCC)c1c(Cl)cnn1CC. The molecule has 0 aliphatic rings. The molecule has 4 heteroatoms. The lowest BCUT2D eigenvalue weighted by Gasteiger charge is -2.20. The fourth-order valence-electron chi connectivity index (χ4n) is 2.03. The fraction of sp³-hybridized carbons (Fsp3) is 0.769. The maximum atomic E-state index is 6.25. The molecule has 0 aliphatic heterocycles. The largest absolute Gasteiger partial charge is 0.309 e. The summed E-state index contributed by atoms with van der Waals surface area (Å²) in [5.41, 5.74) is 1.15. The average molecular weight is 258 g/mol. The van der Waals surface area contributed by atoms with E-state index in [1.165, 1.54) is 12.8 Å². The first kappa shape index (κ1) is 14.5. The summed E-state index contributed by atoms with van der Waals surface area (Å²) in [6, 6.07) is 0.338. The van der Waals surface area contributed by atoms with Gasteiger partial charge in [-0.3, -0.25) is 4.68 Å². The molecular weight excluding hydrogens is 234 g/mol. The fourth-order valence-corrected chi connectivity index (χ4v) is 2.31. The maximum Gasteiger partial charge on any atom is 0.0834 e. The van der Waals surface area contributed by atoms with Gasteiger partial charge in [-0.1, -0.05) is 38.3 Å². The van der Waals surface area contributed by atoms with Gasteiger partial charge in [0.1, 0.15) is 0 Å². The second kappa shape index (κ2) is 7.72. The summed E-state index contributed by atoms with van der Waals surface area (Å²) in [6.45, 7) is 8.40. The van der Waals surface area contributed by atoms with Crippen molar-refractivity contribution in [3.63, 3.8) is 0 Å². The molecule has 0 saturated heterocycles. The first-order valence-electron chi connectivity index (χ1n) is 6.69. The van der Waals surface area contributed by atoms with Gasteiger partial charge in [0.15, 0.2) is 0 Å². The van der Waals surface area contributed by atoms with E-state index < -0.39 is 0 Å². The van der Waals surface area contributed by atoms with E-state index in [2.05, 4.69) is 31.2 Å². The molecule has 0 bridgehead atoms. The Labute approximate surface area is 110 Å². The molecule has 3 nitrogen and oxygen atoms in total. The smallest absolute Gasteiger partial charge is 0.0834 e. The predicted molar refractivity (Wildman–Crippen MR) is 73.5 cm³/mol. The standard InChI is InChI=1S/C13H24ClN3/c1-4-7-8-12(15-9-5-2)13-11(14)10-16-17(13)6-3/h10,12,15H,4-9H2,1-3H3. The summed E-state index contributed by atoms with van der Waals surface area (Å²) in [5.74, 6) is 0. The minimum atomic E-state index is 0.338. The lowest BCUT2D eigenvalue weighted by Crippen LogP contribution is -2.25. The molecule has 1 aromatic heterocycles. The van der Waals surface area contributed by atoms with Gasteiger partial charge in [-0.2, -0.15) is 5.10 Å². The molecule has 0 saturated carbocycles. The molecule has 1 heterocycles. The molecule has 1 aromatic rings. The third-order valence-corrected chi connectivity index (χ3v) is 3.24. The molecule has 1 atom stereocenters. The van der Waals surface area contributed by atoms with Crippen LogP contribution in [0.4, 0.5) is 0 Å². The van der Waals surface area contributed by atoms with Gasteiger partial charge in [0.2, 0.25) is 0 Å². The second-order valence-electron chi connectivity index (χ2n) is 4.34. The predicted octanol–water partition coefficient (Wildman–Crippen LogP) is 3.79. The van der Waals surface area contributed by atoms with Crippen molar-refractivity contribution in [2.24, 2.45) is 0 Å². The normalized spacial score (nSPS) is 12.9. The Hall–Kier alpha value is -0.540. The number of halogens is 1. The van der Waals surface area contributed by atoms with Crippen molar-refractivity contribution < 1.29 is 0 Å². The van der Waals surface area contributed by atoms with Crippen molar-refractivity contribution in [2.45, 2.75) is 59.0 Å². The van der Waals surface area contributed by atoms with Gasteiger partial charge in [-0.05, 0) is 26.3 Å². The van der Waals surface area contributed by atoms with Gasteiger partial charge in [-0.15, -0.1) is 0 Å². The monoisotopic (exact) mass is 257 g/mol. The number of hydrogen-bond acceptors (Lipinski definition) is 2.